The average molecular weight is 375 g/mol. The highest BCUT2D eigenvalue weighted by Crippen LogP contribution is 2.41. The summed E-state index contributed by atoms with van der Waals surface area (Å²) in [7, 11) is 0. The van der Waals surface area contributed by atoms with Crippen molar-refractivity contribution in [2.45, 2.75) is 31.5 Å². The van der Waals surface area contributed by atoms with E-state index < -0.39 is 17.9 Å². The lowest BCUT2D eigenvalue weighted by Crippen LogP contribution is -2.43. The Morgan fingerprint density at radius 1 is 1.30 bits per heavy atom. The highest BCUT2D eigenvalue weighted by atomic mass is 19.4. The van der Waals surface area contributed by atoms with Crippen LogP contribution < -0.4 is 4.90 Å². The van der Waals surface area contributed by atoms with Crippen LogP contribution >= 0.6 is 0 Å². The molecule has 1 aromatic heterocycles. The summed E-state index contributed by atoms with van der Waals surface area (Å²) in [5.41, 5.74) is 0.809. The lowest BCUT2D eigenvalue weighted by Gasteiger charge is -2.25. The van der Waals surface area contributed by atoms with Crippen molar-refractivity contribution in [1.82, 2.24) is 15.1 Å². The van der Waals surface area contributed by atoms with Crippen LogP contribution in [0.5, 0.6) is 0 Å². The fourth-order valence-electron chi connectivity index (χ4n) is 3.95. The Labute approximate surface area is 153 Å². The van der Waals surface area contributed by atoms with Gasteiger partial charge in [-0.2, -0.15) is 23.5 Å². The highest BCUT2D eigenvalue weighted by Gasteiger charge is 2.39. The summed E-state index contributed by atoms with van der Waals surface area (Å²) >= 11 is 0. The van der Waals surface area contributed by atoms with Crippen LogP contribution in [0.15, 0.2) is 24.4 Å². The van der Waals surface area contributed by atoms with E-state index in [1.165, 1.54) is 4.90 Å². The van der Waals surface area contributed by atoms with Gasteiger partial charge in [-0.1, -0.05) is 12.1 Å². The van der Waals surface area contributed by atoms with Crippen LogP contribution in [0.4, 0.5) is 18.9 Å². The van der Waals surface area contributed by atoms with Gasteiger partial charge in [0.2, 0.25) is 5.91 Å². The minimum absolute atomic E-state index is 0.0202. The Balaban J connectivity index is 1.71. The Morgan fingerprint density at radius 2 is 2.11 bits per heavy atom. The quantitative estimate of drug-likeness (QED) is 0.819. The molecule has 0 spiro atoms. The number of anilines is 1. The van der Waals surface area contributed by atoms with Crippen molar-refractivity contribution in [2.24, 2.45) is 0 Å². The molecule has 9 heteroatoms. The summed E-state index contributed by atoms with van der Waals surface area (Å²) in [5, 5.41) is 14.8. The van der Waals surface area contributed by atoms with Gasteiger partial charge in [-0.3, -0.25) is 14.8 Å². The zero-order valence-corrected chi connectivity index (χ0v) is 14.3. The largest absolute Gasteiger partial charge is 0.433 e. The van der Waals surface area contributed by atoms with E-state index in [4.69, 9.17) is 0 Å². The third-order valence-corrected chi connectivity index (χ3v) is 5.17. The van der Waals surface area contributed by atoms with E-state index in [2.05, 4.69) is 5.10 Å². The first-order valence-electron chi connectivity index (χ1n) is 8.62. The molecule has 0 radical (unpaired) electrons. The number of hydrogen-bond donors (Lipinski definition) is 1. The second kappa shape index (κ2) is 6.30. The molecule has 1 fully saturated rings. The lowest BCUT2D eigenvalue weighted by atomic mass is 9.98. The normalized spacial score (nSPS) is 19.3. The van der Waals surface area contributed by atoms with Gasteiger partial charge in [-0.05, 0) is 36.5 Å². The minimum Gasteiger partial charge on any atom is -0.310 e. The van der Waals surface area contributed by atoms with E-state index in [0.717, 1.165) is 12.6 Å². The molecule has 140 valence electrons. The number of rotatable bonds is 2. The maximum Gasteiger partial charge on any atom is 0.433 e. The van der Waals surface area contributed by atoms with Gasteiger partial charge >= 0.3 is 6.18 Å². The molecule has 0 bridgehead atoms. The molecule has 1 atom stereocenters. The van der Waals surface area contributed by atoms with Crippen molar-refractivity contribution < 1.29 is 18.0 Å². The van der Waals surface area contributed by atoms with Gasteiger partial charge in [-0.15, -0.1) is 0 Å². The maximum atomic E-state index is 13.2. The second-order valence-electron chi connectivity index (χ2n) is 6.65. The SMILES string of the molecule is N#CN1CCC[C@H]1C(=O)N1CCc2c(-c3cn[nH]c3C(F)(F)F)cccc21. The number of carbonyl (C=O) groups excluding carboxylic acids is 1. The van der Waals surface area contributed by atoms with Crippen molar-refractivity contribution >= 4 is 11.6 Å². The van der Waals surface area contributed by atoms with Gasteiger partial charge in [0.25, 0.3) is 0 Å². The Bertz CT molecular complexity index is 930. The van der Waals surface area contributed by atoms with Gasteiger partial charge in [0.15, 0.2) is 6.19 Å². The number of fused-ring (bicyclic) bond motifs is 1. The van der Waals surface area contributed by atoms with Crippen molar-refractivity contribution in [3.63, 3.8) is 0 Å². The van der Waals surface area contributed by atoms with Crippen LogP contribution in [-0.2, 0) is 17.4 Å². The monoisotopic (exact) mass is 375 g/mol. The highest BCUT2D eigenvalue weighted by molar-refractivity contribution is 6.00. The summed E-state index contributed by atoms with van der Waals surface area (Å²) < 4.78 is 39.7. The first kappa shape index (κ1) is 17.4. The van der Waals surface area contributed by atoms with E-state index in [-0.39, 0.29) is 11.5 Å². The van der Waals surface area contributed by atoms with Crippen LogP contribution in [0.3, 0.4) is 0 Å². The predicted molar refractivity (Wildman–Crippen MR) is 90.4 cm³/mol. The Hall–Kier alpha value is -3.02. The van der Waals surface area contributed by atoms with Crippen molar-refractivity contribution in [1.29, 1.82) is 5.26 Å². The number of halogens is 3. The summed E-state index contributed by atoms with van der Waals surface area (Å²) in [4.78, 5) is 16.0. The number of carbonyl (C=O) groups is 1. The standard InChI is InChI=1S/C18H16F3N5O/c19-18(20,21)16-13(9-23-24-16)11-3-1-4-14-12(11)6-8-26(14)17(27)15-5-2-7-25(15)10-22/h1,3-4,9,15H,2,5-8H2,(H,23,24)/t15-/m0/s1. The summed E-state index contributed by atoms with van der Waals surface area (Å²) in [6, 6.07) is 4.50. The number of nitriles is 1. The van der Waals surface area contributed by atoms with Crippen LogP contribution in [-0.4, -0.2) is 40.1 Å². The van der Waals surface area contributed by atoms with Gasteiger partial charge in [0.05, 0.1) is 6.20 Å². The molecule has 0 aliphatic carbocycles. The maximum absolute atomic E-state index is 13.2. The summed E-state index contributed by atoms with van der Waals surface area (Å²) in [5.74, 6) is -0.173. The second-order valence-corrected chi connectivity index (χ2v) is 6.65. The Kier molecular flexibility index (Phi) is 4.06. The number of aromatic nitrogens is 2. The zero-order chi connectivity index (χ0) is 19.2. The Morgan fingerprint density at radius 3 is 2.85 bits per heavy atom. The van der Waals surface area contributed by atoms with Gasteiger partial charge < -0.3 is 4.90 Å². The number of likely N-dealkylation sites (tertiary alicyclic amines) is 1. The van der Waals surface area contributed by atoms with Crippen molar-refractivity contribution in [3.05, 3.63) is 35.7 Å². The third-order valence-electron chi connectivity index (χ3n) is 5.17. The van der Waals surface area contributed by atoms with Crippen LogP contribution in [0.1, 0.15) is 24.1 Å². The molecule has 1 amide bonds. The molecule has 27 heavy (non-hydrogen) atoms. The zero-order valence-electron chi connectivity index (χ0n) is 14.3. The van der Waals surface area contributed by atoms with Gasteiger partial charge in [0, 0.05) is 24.3 Å². The smallest absolute Gasteiger partial charge is 0.310 e. The number of benzene rings is 1. The summed E-state index contributed by atoms with van der Waals surface area (Å²) in [6.07, 6.45) is 0.510. The topological polar surface area (TPSA) is 76.0 Å². The molecule has 0 saturated carbocycles. The number of nitrogens with one attached hydrogen (secondary N) is 1. The molecule has 4 rings (SSSR count). The number of alkyl halides is 3. The minimum atomic E-state index is -4.54. The van der Waals surface area contributed by atoms with E-state index in [1.807, 2.05) is 11.3 Å². The fourth-order valence-corrected chi connectivity index (χ4v) is 3.95. The first-order chi connectivity index (χ1) is 12.9. The molecule has 1 N–H and O–H groups in total. The summed E-state index contributed by atoms with van der Waals surface area (Å²) in [6.45, 7) is 0.942. The average Bonchev–Trinajstić information content (AvgIpc) is 3.37. The molecule has 1 aromatic carbocycles. The molecule has 3 heterocycles. The van der Waals surface area contributed by atoms with Gasteiger partial charge in [0.1, 0.15) is 11.7 Å². The first-order valence-corrected chi connectivity index (χ1v) is 8.62. The molecule has 0 unspecified atom stereocenters. The molecular weight excluding hydrogens is 359 g/mol. The number of hydrogen-bond acceptors (Lipinski definition) is 4. The molecule has 2 aliphatic heterocycles. The van der Waals surface area contributed by atoms with Crippen LogP contribution in [0.25, 0.3) is 11.1 Å². The molecule has 1 saturated heterocycles. The third kappa shape index (κ3) is 2.81. The molecule has 2 aliphatic rings. The van der Waals surface area contributed by atoms with Gasteiger partial charge in [-0.25, -0.2) is 0 Å². The van der Waals surface area contributed by atoms with E-state index in [0.29, 0.717) is 42.7 Å². The molecular formula is C18H16F3N5O. The van der Waals surface area contributed by atoms with Crippen LogP contribution in [0.2, 0.25) is 0 Å². The van der Waals surface area contributed by atoms with E-state index in [9.17, 15) is 23.2 Å². The van der Waals surface area contributed by atoms with Crippen molar-refractivity contribution in [3.8, 4) is 17.3 Å². The number of aromatic amines is 1. The fraction of sp³-hybridized carbons (Fsp3) is 0.389. The van der Waals surface area contributed by atoms with E-state index in [1.54, 1.807) is 23.1 Å². The van der Waals surface area contributed by atoms with E-state index >= 15 is 0 Å². The predicted octanol–water partition coefficient (Wildman–Crippen LogP) is 2.93. The molecule has 2 aromatic rings. The lowest BCUT2D eigenvalue weighted by molar-refractivity contribution is -0.140. The number of H-pyrrole nitrogens is 1. The number of amides is 1. The van der Waals surface area contributed by atoms with Crippen molar-refractivity contribution in [2.75, 3.05) is 18.0 Å². The number of nitrogens with zero attached hydrogens (tertiary/aromatic N) is 4. The molecule has 6 nitrogen and oxygen atoms in total. The van der Waals surface area contributed by atoms with Crippen LogP contribution in [0, 0.1) is 11.5 Å².